The number of anilines is 1. The first-order valence-corrected chi connectivity index (χ1v) is 11.1. The van der Waals surface area contributed by atoms with Crippen LogP contribution in [0.2, 0.25) is 0 Å². The first-order valence-electron chi connectivity index (χ1n) is 9.64. The van der Waals surface area contributed by atoms with Crippen LogP contribution in [0.4, 0.5) is 5.69 Å². The fourth-order valence-corrected chi connectivity index (χ4v) is 4.42. The number of hydrogen-bond donors (Lipinski definition) is 3. The Morgan fingerprint density at radius 1 is 1.18 bits per heavy atom. The van der Waals surface area contributed by atoms with Gasteiger partial charge in [-0.1, -0.05) is 6.92 Å². The Bertz CT molecular complexity index is 772. The van der Waals surface area contributed by atoms with Gasteiger partial charge in [-0.05, 0) is 57.0 Å². The van der Waals surface area contributed by atoms with Crippen LogP contribution in [0.25, 0.3) is 0 Å². The maximum atomic E-state index is 12.5. The average Bonchev–Trinajstić information content (AvgIpc) is 2.63. The summed E-state index contributed by atoms with van der Waals surface area (Å²) in [5.41, 5.74) is 0.506. The summed E-state index contributed by atoms with van der Waals surface area (Å²) in [6.45, 7) is 8.01. The van der Waals surface area contributed by atoms with E-state index < -0.39 is 16.1 Å². The van der Waals surface area contributed by atoms with Crippen LogP contribution in [0.15, 0.2) is 29.2 Å². The summed E-state index contributed by atoms with van der Waals surface area (Å²) in [5, 5.41) is 5.52. The molecule has 2 amide bonds. The third kappa shape index (κ3) is 6.57. The summed E-state index contributed by atoms with van der Waals surface area (Å²) >= 11 is 0. The Kier molecular flexibility index (Phi) is 7.97. The lowest BCUT2D eigenvalue weighted by atomic mass is 10.0. The van der Waals surface area contributed by atoms with Gasteiger partial charge in [0, 0.05) is 31.7 Å². The van der Waals surface area contributed by atoms with E-state index in [0.29, 0.717) is 5.69 Å². The molecular formula is C19H30N4O4S. The van der Waals surface area contributed by atoms with Crippen LogP contribution in [-0.4, -0.2) is 56.9 Å². The van der Waals surface area contributed by atoms with Crippen molar-refractivity contribution in [2.24, 2.45) is 0 Å². The molecule has 1 aromatic rings. The summed E-state index contributed by atoms with van der Waals surface area (Å²) in [7, 11) is -3.84. The topological polar surface area (TPSA) is 108 Å². The van der Waals surface area contributed by atoms with E-state index in [-0.39, 0.29) is 22.8 Å². The molecule has 0 unspecified atom stereocenters. The van der Waals surface area contributed by atoms with Gasteiger partial charge in [-0.25, -0.2) is 8.42 Å². The molecule has 0 saturated carbocycles. The van der Waals surface area contributed by atoms with E-state index in [0.717, 1.165) is 38.9 Å². The van der Waals surface area contributed by atoms with Gasteiger partial charge in [0.2, 0.25) is 21.8 Å². The smallest absolute Gasteiger partial charge is 0.241 e. The van der Waals surface area contributed by atoms with Crippen molar-refractivity contribution in [3.05, 3.63) is 24.3 Å². The van der Waals surface area contributed by atoms with Crippen molar-refractivity contribution in [1.82, 2.24) is 14.9 Å². The molecule has 1 aromatic carbocycles. The lowest BCUT2D eigenvalue weighted by Gasteiger charge is -2.32. The number of sulfonamides is 1. The molecule has 1 heterocycles. The molecule has 1 aliphatic heterocycles. The van der Waals surface area contributed by atoms with Crippen molar-refractivity contribution in [3.8, 4) is 0 Å². The zero-order valence-corrected chi connectivity index (χ0v) is 17.5. The van der Waals surface area contributed by atoms with Gasteiger partial charge < -0.3 is 15.5 Å². The van der Waals surface area contributed by atoms with E-state index in [1.807, 2.05) is 0 Å². The summed E-state index contributed by atoms with van der Waals surface area (Å²) in [4.78, 5) is 25.9. The minimum absolute atomic E-state index is 0.0362. The molecule has 28 heavy (non-hydrogen) atoms. The Morgan fingerprint density at radius 3 is 2.32 bits per heavy atom. The predicted octanol–water partition coefficient (Wildman–Crippen LogP) is 1.30. The molecule has 0 aliphatic carbocycles. The van der Waals surface area contributed by atoms with Crippen LogP contribution in [0, 0.1) is 0 Å². The quantitative estimate of drug-likeness (QED) is 0.599. The van der Waals surface area contributed by atoms with Gasteiger partial charge >= 0.3 is 0 Å². The minimum atomic E-state index is -3.84. The van der Waals surface area contributed by atoms with Crippen LogP contribution in [0.3, 0.4) is 0 Å². The molecular weight excluding hydrogens is 380 g/mol. The van der Waals surface area contributed by atoms with Crippen LogP contribution in [0.5, 0.6) is 0 Å². The standard InChI is InChI=1S/C19H30N4O4S/c1-4-11-23-12-9-17(10-13-23)21-19(25)14(2)22-28(26,27)18-7-5-16(6-8-18)20-15(3)24/h5-8,14,17,22H,4,9-13H2,1-3H3,(H,20,24)(H,21,25)/t14-/m0/s1. The maximum Gasteiger partial charge on any atom is 0.241 e. The molecule has 1 aliphatic rings. The number of carbonyl (C=O) groups excluding carboxylic acids is 2. The van der Waals surface area contributed by atoms with Crippen LogP contribution < -0.4 is 15.4 Å². The highest BCUT2D eigenvalue weighted by Gasteiger charge is 2.25. The van der Waals surface area contributed by atoms with E-state index >= 15 is 0 Å². The third-order valence-corrected chi connectivity index (χ3v) is 6.24. The zero-order valence-electron chi connectivity index (χ0n) is 16.7. The number of benzene rings is 1. The average molecular weight is 411 g/mol. The molecule has 0 bridgehead atoms. The van der Waals surface area contributed by atoms with Crippen molar-refractivity contribution in [1.29, 1.82) is 0 Å². The van der Waals surface area contributed by atoms with Gasteiger partial charge in [0.05, 0.1) is 10.9 Å². The lowest BCUT2D eigenvalue weighted by molar-refractivity contribution is -0.123. The number of carbonyl (C=O) groups is 2. The van der Waals surface area contributed by atoms with Gasteiger partial charge in [-0.3, -0.25) is 9.59 Å². The van der Waals surface area contributed by atoms with E-state index in [1.165, 1.54) is 38.1 Å². The summed E-state index contributed by atoms with van der Waals surface area (Å²) in [5.74, 6) is -0.563. The second kappa shape index (κ2) is 9.99. The zero-order chi connectivity index (χ0) is 20.7. The molecule has 1 saturated heterocycles. The van der Waals surface area contributed by atoms with Crippen molar-refractivity contribution >= 4 is 27.5 Å². The SMILES string of the molecule is CCCN1CCC(NC(=O)[C@H](C)NS(=O)(=O)c2ccc(NC(C)=O)cc2)CC1. The van der Waals surface area contributed by atoms with Crippen molar-refractivity contribution in [3.63, 3.8) is 0 Å². The highest BCUT2D eigenvalue weighted by Crippen LogP contribution is 2.15. The minimum Gasteiger partial charge on any atom is -0.352 e. The van der Waals surface area contributed by atoms with E-state index in [9.17, 15) is 18.0 Å². The monoisotopic (exact) mass is 410 g/mol. The largest absolute Gasteiger partial charge is 0.352 e. The molecule has 0 spiro atoms. The van der Waals surface area contributed by atoms with Gasteiger partial charge in [-0.2, -0.15) is 4.72 Å². The number of hydrogen-bond acceptors (Lipinski definition) is 5. The van der Waals surface area contributed by atoms with Gasteiger partial charge in [0.25, 0.3) is 0 Å². The molecule has 156 valence electrons. The number of nitrogens with zero attached hydrogens (tertiary/aromatic N) is 1. The Hall–Kier alpha value is -1.97. The number of rotatable bonds is 8. The van der Waals surface area contributed by atoms with Gasteiger partial charge in [-0.15, -0.1) is 0 Å². The molecule has 8 nitrogen and oxygen atoms in total. The Morgan fingerprint density at radius 2 is 1.79 bits per heavy atom. The molecule has 1 atom stereocenters. The number of amides is 2. The number of likely N-dealkylation sites (tertiary alicyclic amines) is 1. The van der Waals surface area contributed by atoms with Crippen molar-refractivity contribution < 1.29 is 18.0 Å². The maximum absolute atomic E-state index is 12.5. The van der Waals surface area contributed by atoms with Crippen molar-refractivity contribution in [2.45, 2.75) is 57.0 Å². The second-order valence-corrected chi connectivity index (χ2v) is 8.89. The summed E-state index contributed by atoms with van der Waals surface area (Å²) in [6.07, 6.45) is 2.85. The second-order valence-electron chi connectivity index (χ2n) is 7.17. The fourth-order valence-electron chi connectivity index (χ4n) is 3.22. The predicted molar refractivity (Wildman–Crippen MR) is 108 cm³/mol. The molecule has 1 fully saturated rings. The highest BCUT2D eigenvalue weighted by atomic mass is 32.2. The normalized spacial score (nSPS) is 17.1. The lowest BCUT2D eigenvalue weighted by Crippen LogP contribution is -2.51. The first kappa shape index (κ1) is 22.3. The molecule has 9 heteroatoms. The van der Waals surface area contributed by atoms with Crippen LogP contribution in [0.1, 0.15) is 40.0 Å². The summed E-state index contributed by atoms with van der Waals surface area (Å²) < 4.78 is 27.4. The fraction of sp³-hybridized carbons (Fsp3) is 0.579. The highest BCUT2D eigenvalue weighted by molar-refractivity contribution is 7.89. The van der Waals surface area contributed by atoms with E-state index in [2.05, 4.69) is 27.2 Å². The van der Waals surface area contributed by atoms with E-state index in [1.54, 1.807) is 0 Å². The molecule has 3 N–H and O–H groups in total. The Balaban J connectivity index is 1.89. The first-order chi connectivity index (χ1) is 13.2. The molecule has 2 rings (SSSR count). The third-order valence-electron chi connectivity index (χ3n) is 4.68. The summed E-state index contributed by atoms with van der Waals surface area (Å²) in [6, 6.07) is 4.98. The van der Waals surface area contributed by atoms with Crippen molar-refractivity contribution in [2.75, 3.05) is 25.0 Å². The number of piperidine rings is 1. The molecule has 0 radical (unpaired) electrons. The molecule has 0 aromatic heterocycles. The van der Waals surface area contributed by atoms with Gasteiger partial charge in [0.1, 0.15) is 0 Å². The number of nitrogens with one attached hydrogen (secondary N) is 3. The van der Waals surface area contributed by atoms with E-state index in [4.69, 9.17) is 0 Å². The van der Waals surface area contributed by atoms with Gasteiger partial charge in [0.15, 0.2) is 0 Å². The van der Waals surface area contributed by atoms with Crippen LogP contribution in [-0.2, 0) is 19.6 Å². The van der Waals surface area contributed by atoms with Crippen LogP contribution >= 0.6 is 0 Å². The Labute approximate surface area is 167 Å².